The van der Waals surface area contributed by atoms with Crippen LogP contribution in [0.15, 0.2) is 0 Å². The molecule has 1 saturated heterocycles. The molecule has 0 spiro atoms. The van der Waals surface area contributed by atoms with Crippen molar-refractivity contribution in [1.82, 2.24) is 10.2 Å². The van der Waals surface area contributed by atoms with Crippen LogP contribution in [0.3, 0.4) is 0 Å². The second kappa shape index (κ2) is 8.10. The van der Waals surface area contributed by atoms with Gasteiger partial charge < -0.3 is 10.2 Å². The van der Waals surface area contributed by atoms with Crippen LogP contribution < -0.4 is 5.32 Å². The lowest BCUT2D eigenvalue weighted by Gasteiger charge is -2.21. The molecular weight excluding hydrogens is 208 g/mol. The van der Waals surface area contributed by atoms with Crippen molar-refractivity contribution in [2.75, 3.05) is 32.7 Å². The molecule has 2 fully saturated rings. The summed E-state index contributed by atoms with van der Waals surface area (Å²) in [6, 6.07) is 0. The van der Waals surface area contributed by atoms with Gasteiger partial charge in [-0.3, -0.25) is 0 Å². The maximum absolute atomic E-state index is 3.61. The summed E-state index contributed by atoms with van der Waals surface area (Å²) in [5, 5.41) is 3.61. The molecule has 100 valence electrons. The van der Waals surface area contributed by atoms with Crippen LogP contribution in [0.2, 0.25) is 0 Å². The molecule has 0 unspecified atom stereocenters. The van der Waals surface area contributed by atoms with Crippen molar-refractivity contribution in [2.45, 2.75) is 57.8 Å². The normalized spacial score (nSPS) is 23.3. The van der Waals surface area contributed by atoms with E-state index >= 15 is 0 Å². The lowest BCUT2D eigenvalue weighted by molar-refractivity contribution is 0.320. The zero-order valence-electron chi connectivity index (χ0n) is 11.4. The third-order valence-corrected chi connectivity index (χ3v) is 4.49. The van der Waals surface area contributed by atoms with Crippen molar-refractivity contribution in [3.63, 3.8) is 0 Å². The Morgan fingerprint density at radius 2 is 1.65 bits per heavy atom. The van der Waals surface area contributed by atoms with Gasteiger partial charge in [-0.05, 0) is 51.2 Å². The van der Waals surface area contributed by atoms with Gasteiger partial charge in [-0.15, -0.1) is 0 Å². The van der Waals surface area contributed by atoms with E-state index in [0.717, 1.165) is 5.92 Å². The van der Waals surface area contributed by atoms with Crippen LogP contribution in [0.1, 0.15) is 57.8 Å². The molecule has 0 aromatic rings. The van der Waals surface area contributed by atoms with Crippen molar-refractivity contribution >= 4 is 0 Å². The minimum Gasteiger partial charge on any atom is -0.315 e. The van der Waals surface area contributed by atoms with Gasteiger partial charge in [-0.25, -0.2) is 0 Å². The first-order chi connectivity index (χ1) is 8.45. The van der Waals surface area contributed by atoms with E-state index in [9.17, 15) is 0 Å². The molecule has 0 aromatic carbocycles. The van der Waals surface area contributed by atoms with Crippen LogP contribution in [0.4, 0.5) is 0 Å². The zero-order chi connectivity index (χ0) is 11.8. The van der Waals surface area contributed by atoms with Gasteiger partial charge in [0.25, 0.3) is 0 Å². The van der Waals surface area contributed by atoms with Gasteiger partial charge in [-0.1, -0.05) is 32.1 Å². The van der Waals surface area contributed by atoms with E-state index < -0.39 is 0 Å². The summed E-state index contributed by atoms with van der Waals surface area (Å²) in [6.45, 7) is 6.38. The number of hydrogen-bond acceptors (Lipinski definition) is 2. The van der Waals surface area contributed by atoms with E-state index in [2.05, 4.69) is 10.2 Å². The summed E-state index contributed by atoms with van der Waals surface area (Å²) in [7, 11) is 0. The fourth-order valence-corrected chi connectivity index (χ4v) is 3.36. The first-order valence-electron chi connectivity index (χ1n) is 7.88. The predicted octanol–water partition coefficient (Wildman–Crippen LogP) is 3.03. The number of nitrogens with zero attached hydrogens (tertiary/aromatic N) is 1. The van der Waals surface area contributed by atoms with E-state index in [1.165, 1.54) is 90.5 Å². The first-order valence-corrected chi connectivity index (χ1v) is 7.88. The first kappa shape index (κ1) is 13.4. The second-order valence-electron chi connectivity index (χ2n) is 5.95. The highest BCUT2D eigenvalue weighted by Gasteiger charge is 2.12. The largest absolute Gasteiger partial charge is 0.315 e. The number of hydrogen-bond donors (Lipinski definition) is 1. The predicted molar refractivity (Wildman–Crippen MR) is 74.4 cm³/mol. The molecule has 1 aliphatic heterocycles. The van der Waals surface area contributed by atoms with Crippen molar-refractivity contribution in [3.8, 4) is 0 Å². The monoisotopic (exact) mass is 238 g/mol. The van der Waals surface area contributed by atoms with Gasteiger partial charge >= 0.3 is 0 Å². The Bertz CT molecular complexity index is 181. The molecule has 1 heterocycles. The summed E-state index contributed by atoms with van der Waals surface area (Å²) in [6.07, 6.45) is 13.2. The average Bonchev–Trinajstić information content (AvgIpc) is 2.88. The van der Waals surface area contributed by atoms with Crippen LogP contribution in [-0.2, 0) is 0 Å². The standard InChI is InChI=1S/C15H30N2/c1-2-7-15(8-3-1)9-6-10-16-11-14-17-12-4-5-13-17/h15-16H,1-14H2. The average molecular weight is 238 g/mol. The highest BCUT2D eigenvalue weighted by Crippen LogP contribution is 2.26. The topological polar surface area (TPSA) is 15.3 Å². The van der Waals surface area contributed by atoms with Crippen molar-refractivity contribution in [1.29, 1.82) is 0 Å². The fourth-order valence-electron chi connectivity index (χ4n) is 3.36. The van der Waals surface area contributed by atoms with Gasteiger partial charge in [0, 0.05) is 13.1 Å². The van der Waals surface area contributed by atoms with E-state index in [4.69, 9.17) is 0 Å². The third-order valence-electron chi connectivity index (χ3n) is 4.49. The second-order valence-corrected chi connectivity index (χ2v) is 5.95. The molecule has 2 rings (SSSR count). The molecule has 1 saturated carbocycles. The molecule has 1 aliphatic carbocycles. The minimum atomic E-state index is 1.06. The summed E-state index contributed by atoms with van der Waals surface area (Å²) >= 11 is 0. The van der Waals surface area contributed by atoms with Crippen molar-refractivity contribution in [2.24, 2.45) is 5.92 Å². The molecule has 0 atom stereocenters. The van der Waals surface area contributed by atoms with E-state index in [1.54, 1.807) is 0 Å². The molecule has 0 bridgehead atoms. The summed E-state index contributed by atoms with van der Waals surface area (Å²) in [5.41, 5.74) is 0. The van der Waals surface area contributed by atoms with Crippen LogP contribution in [-0.4, -0.2) is 37.6 Å². The number of rotatable bonds is 7. The van der Waals surface area contributed by atoms with Gasteiger partial charge in [0.05, 0.1) is 0 Å². The zero-order valence-corrected chi connectivity index (χ0v) is 11.4. The Morgan fingerprint density at radius 1 is 0.882 bits per heavy atom. The van der Waals surface area contributed by atoms with E-state index in [0.29, 0.717) is 0 Å². The molecule has 17 heavy (non-hydrogen) atoms. The molecule has 0 amide bonds. The molecule has 0 aromatic heterocycles. The Labute approximate surface area is 107 Å². The Hall–Kier alpha value is -0.0800. The smallest absolute Gasteiger partial charge is 0.0107 e. The van der Waals surface area contributed by atoms with Gasteiger partial charge in [0.15, 0.2) is 0 Å². The lowest BCUT2D eigenvalue weighted by atomic mass is 9.86. The lowest BCUT2D eigenvalue weighted by Crippen LogP contribution is -2.30. The van der Waals surface area contributed by atoms with Crippen LogP contribution in [0.5, 0.6) is 0 Å². The molecule has 1 N–H and O–H groups in total. The van der Waals surface area contributed by atoms with Crippen LogP contribution in [0.25, 0.3) is 0 Å². The Balaban J connectivity index is 1.38. The van der Waals surface area contributed by atoms with Crippen LogP contribution in [0, 0.1) is 5.92 Å². The maximum Gasteiger partial charge on any atom is 0.0107 e. The third kappa shape index (κ3) is 5.39. The molecule has 2 heteroatoms. The quantitative estimate of drug-likeness (QED) is 0.686. The SMILES string of the molecule is C1CCC(CCCNCCN2CCCC2)CC1. The fraction of sp³-hybridized carbons (Fsp3) is 1.00. The van der Waals surface area contributed by atoms with E-state index in [-0.39, 0.29) is 0 Å². The highest BCUT2D eigenvalue weighted by atomic mass is 15.1. The molecule has 0 radical (unpaired) electrons. The minimum absolute atomic E-state index is 1.06. The maximum atomic E-state index is 3.61. The van der Waals surface area contributed by atoms with Gasteiger partial charge in [0.1, 0.15) is 0 Å². The van der Waals surface area contributed by atoms with Crippen LogP contribution >= 0.6 is 0 Å². The van der Waals surface area contributed by atoms with Gasteiger partial charge in [0.2, 0.25) is 0 Å². The molecule has 2 nitrogen and oxygen atoms in total. The van der Waals surface area contributed by atoms with E-state index in [1.807, 2.05) is 0 Å². The molecular formula is C15H30N2. The van der Waals surface area contributed by atoms with Gasteiger partial charge in [-0.2, -0.15) is 0 Å². The molecule has 2 aliphatic rings. The summed E-state index contributed by atoms with van der Waals surface area (Å²) in [5.74, 6) is 1.06. The summed E-state index contributed by atoms with van der Waals surface area (Å²) < 4.78 is 0. The Morgan fingerprint density at radius 3 is 2.41 bits per heavy atom. The Kier molecular flexibility index (Phi) is 6.36. The van der Waals surface area contributed by atoms with Crippen molar-refractivity contribution in [3.05, 3.63) is 0 Å². The number of nitrogens with one attached hydrogen (secondary N) is 1. The highest BCUT2D eigenvalue weighted by molar-refractivity contribution is 4.68. The summed E-state index contributed by atoms with van der Waals surface area (Å²) in [4.78, 5) is 2.59. The van der Waals surface area contributed by atoms with Crippen molar-refractivity contribution < 1.29 is 0 Å². The number of likely N-dealkylation sites (tertiary alicyclic amines) is 1.